The zero-order valence-corrected chi connectivity index (χ0v) is 10.1. The maximum absolute atomic E-state index is 11.7. The number of likely N-dealkylation sites (tertiary alicyclic amines) is 1. The molecule has 2 amide bonds. The van der Waals surface area contributed by atoms with E-state index in [1.165, 1.54) is 0 Å². The van der Waals surface area contributed by atoms with E-state index in [2.05, 4.69) is 5.32 Å². The van der Waals surface area contributed by atoms with E-state index in [0.29, 0.717) is 13.1 Å². The molecule has 1 aliphatic rings. The summed E-state index contributed by atoms with van der Waals surface area (Å²) in [5.74, 6) is -0.632. The summed E-state index contributed by atoms with van der Waals surface area (Å²) < 4.78 is 0. The van der Waals surface area contributed by atoms with Crippen molar-refractivity contribution in [2.24, 2.45) is 5.92 Å². The number of rotatable bonds is 4. The first-order valence-electron chi connectivity index (χ1n) is 5.91. The van der Waals surface area contributed by atoms with Gasteiger partial charge in [-0.05, 0) is 25.7 Å². The number of urea groups is 1. The summed E-state index contributed by atoms with van der Waals surface area (Å²) in [6.07, 6.45) is 1.54. The van der Waals surface area contributed by atoms with Crippen LogP contribution in [0.25, 0.3) is 0 Å². The number of amides is 2. The highest BCUT2D eigenvalue weighted by molar-refractivity contribution is 5.75. The Balaban J connectivity index is 2.31. The minimum Gasteiger partial charge on any atom is -0.481 e. The van der Waals surface area contributed by atoms with Gasteiger partial charge in [-0.2, -0.15) is 0 Å². The molecule has 6 heteroatoms. The molecule has 0 aromatic heterocycles. The van der Waals surface area contributed by atoms with Crippen molar-refractivity contribution in [2.75, 3.05) is 19.7 Å². The predicted molar refractivity (Wildman–Crippen MR) is 61.6 cm³/mol. The van der Waals surface area contributed by atoms with Crippen molar-refractivity contribution >= 4 is 12.0 Å². The number of nitrogens with one attached hydrogen (secondary N) is 1. The third-order valence-electron chi connectivity index (χ3n) is 3.01. The number of carboxylic acids is 1. The van der Waals surface area contributed by atoms with Gasteiger partial charge in [-0.15, -0.1) is 0 Å². The average Bonchev–Trinajstić information content (AvgIpc) is 2.28. The Morgan fingerprint density at radius 2 is 2.00 bits per heavy atom. The molecule has 0 radical (unpaired) electrons. The first kappa shape index (κ1) is 13.8. The minimum atomic E-state index is -0.920. The summed E-state index contributed by atoms with van der Waals surface area (Å²) in [4.78, 5) is 23.9. The first-order chi connectivity index (χ1) is 8.02. The van der Waals surface area contributed by atoms with Crippen molar-refractivity contribution in [2.45, 2.75) is 32.2 Å². The summed E-state index contributed by atoms with van der Waals surface area (Å²) in [5.41, 5.74) is 0. The molecule has 1 fully saturated rings. The molecule has 0 spiro atoms. The molecular formula is C11H20N2O4. The van der Waals surface area contributed by atoms with Crippen LogP contribution >= 0.6 is 0 Å². The first-order valence-corrected chi connectivity index (χ1v) is 5.91. The Morgan fingerprint density at radius 3 is 2.47 bits per heavy atom. The summed E-state index contributed by atoms with van der Waals surface area (Å²) in [5, 5.41) is 20.2. The lowest BCUT2D eigenvalue weighted by Crippen LogP contribution is -2.47. The predicted octanol–water partition coefficient (Wildman–Crippen LogP) is 0.263. The van der Waals surface area contributed by atoms with Crippen molar-refractivity contribution < 1.29 is 19.8 Å². The number of hydrogen-bond donors (Lipinski definition) is 3. The van der Waals surface area contributed by atoms with Crippen LogP contribution in [-0.4, -0.2) is 52.9 Å². The van der Waals surface area contributed by atoms with Gasteiger partial charge in [-0.3, -0.25) is 4.79 Å². The normalized spacial score (nSPS) is 18.8. The number of aliphatic hydroxyl groups excluding tert-OH is 1. The van der Waals surface area contributed by atoms with Crippen LogP contribution in [0, 0.1) is 5.92 Å². The third kappa shape index (κ3) is 4.60. The fraction of sp³-hybridized carbons (Fsp3) is 0.818. The van der Waals surface area contributed by atoms with Crippen LogP contribution in [0.2, 0.25) is 0 Å². The number of carbonyl (C=O) groups is 2. The van der Waals surface area contributed by atoms with Gasteiger partial charge < -0.3 is 20.4 Å². The number of carboxylic acid groups (broad SMARTS) is 1. The quantitative estimate of drug-likeness (QED) is 0.662. The second-order valence-electron chi connectivity index (χ2n) is 4.56. The van der Waals surface area contributed by atoms with Gasteiger partial charge in [0.05, 0.1) is 6.42 Å². The van der Waals surface area contributed by atoms with Gasteiger partial charge in [-0.25, -0.2) is 4.79 Å². The molecule has 0 bridgehead atoms. The average molecular weight is 244 g/mol. The van der Waals surface area contributed by atoms with E-state index in [9.17, 15) is 9.59 Å². The fourth-order valence-corrected chi connectivity index (χ4v) is 1.93. The van der Waals surface area contributed by atoms with Crippen LogP contribution in [-0.2, 0) is 4.79 Å². The Hall–Kier alpha value is -1.30. The Kier molecular flexibility index (Phi) is 5.21. The number of aliphatic hydroxyl groups is 1. The zero-order valence-electron chi connectivity index (χ0n) is 10.1. The molecule has 6 nitrogen and oxygen atoms in total. The van der Waals surface area contributed by atoms with Crippen molar-refractivity contribution in [1.29, 1.82) is 0 Å². The second kappa shape index (κ2) is 6.44. The van der Waals surface area contributed by atoms with Gasteiger partial charge >= 0.3 is 12.0 Å². The number of aliphatic carboxylic acids is 1. The number of piperidine rings is 1. The molecule has 0 aromatic rings. The summed E-state index contributed by atoms with van der Waals surface area (Å²) in [7, 11) is 0. The van der Waals surface area contributed by atoms with Crippen LogP contribution in [0.5, 0.6) is 0 Å². The van der Waals surface area contributed by atoms with Crippen LogP contribution < -0.4 is 5.32 Å². The number of carbonyl (C=O) groups excluding carboxylic acids is 1. The standard InChI is InChI=1S/C11H20N2O4/c1-8(6-10(15)16)12-11(17)13-4-2-9(7-14)3-5-13/h8-9,14H,2-7H2,1H3,(H,12,17)(H,15,16). The van der Waals surface area contributed by atoms with Crippen LogP contribution in [0.4, 0.5) is 4.79 Å². The van der Waals surface area contributed by atoms with E-state index >= 15 is 0 Å². The van der Waals surface area contributed by atoms with E-state index in [-0.39, 0.29) is 31.0 Å². The molecule has 17 heavy (non-hydrogen) atoms. The van der Waals surface area contributed by atoms with Crippen LogP contribution in [0.1, 0.15) is 26.2 Å². The Morgan fingerprint density at radius 1 is 1.41 bits per heavy atom. The lowest BCUT2D eigenvalue weighted by molar-refractivity contribution is -0.137. The van der Waals surface area contributed by atoms with Crippen LogP contribution in [0.15, 0.2) is 0 Å². The maximum atomic E-state index is 11.7. The smallest absolute Gasteiger partial charge is 0.317 e. The molecule has 98 valence electrons. The monoisotopic (exact) mass is 244 g/mol. The molecule has 1 atom stereocenters. The van der Waals surface area contributed by atoms with Gasteiger partial charge in [0.25, 0.3) is 0 Å². The molecule has 0 aromatic carbocycles. The van der Waals surface area contributed by atoms with E-state index in [1.807, 2.05) is 0 Å². The van der Waals surface area contributed by atoms with Crippen molar-refractivity contribution in [3.63, 3.8) is 0 Å². The van der Waals surface area contributed by atoms with E-state index < -0.39 is 5.97 Å². The van der Waals surface area contributed by atoms with Crippen LogP contribution in [0.3, 0.4) is 0 Å². The second-order valence-corrected chi connectivity index (χ2v) is 4.56. The molecule has 1 saturated heterocycles. The van der Waals surface area contributed by atoms with Gasteiger partial charge in [0.1, 0.15) is 0 Å². The minimum absolute atomic E-state index is 0.0706. The Labute approximate surface area is 101 Å². The molecule has 0 aliphatic carbocycles. The van der Waals surface area contributed by atoms with Crippen molar-refractivity contribution in [1.82, 2.24) is 10.2 Å². The molecule has 1 aliphatic heterocycles. The number of nitrogens with zero attached hydrogens (tertiary/aromatic N) is 1. The van der Waals surface area contributed by atoms with Gasteiger partial charge in [0, 0.05) is 25.7 Å². The lowest BCUT2D eigenvalue weighted by atomic mass is 9.98. The lowest BCUT2D eigenvalue weighted by Gasteiger charge is -2.31. The fourth-order valence-electron chi connectivity index (χ4n) is 1.93. The van der Waals surface area contributed by atoms with Gasteiger partial charge in [0.2, 0.25) is 0 Å². The SMILES string of the molecule is CC(CC(=O)O)NC(=O)N1CCC(CO)CC1. The van der Waals surface area contributed by atoms with E-state index in [1.54, 1.807) is 11.8 Å². The third-order valence-corrected chi connectivity index (χ3v) is 3.01. The largest absolute Gasteiger partial charge is 0.481 e. The van der Waals surface area contributed by atoms with E-state index in [4.69, 9.17) is 10.2 Å². The van der Waals surface area contributed by atoms with Gasteiger partial charge in [-0.1, -0.05) is 0 Å². The highest BCUT2D eigenvalue weighted by Crippen LogP contribution is 2.16. The number of hydrogen-bond acceptors (Lipinski definition) is 3. The molecule has 1 rings (SSSR count). The van der Waals surface area contributed by atoms with Gasteiger partial charge in [0.15, 0.2) is 0 Å². The molecule has 1 unspecified atom stereocenters. The molecule has 1 heterocycles. The van der Waals surface area contributed by atoms with Crippen molar-refractivity contribution in [3.8, 4) is 0 Å². The molecule has 3 N–H and O–H groups in total. The summed E-state index contributed by atoms with van der Waals surface area (Å²) >= 11 is 0. The molecular weight excluding hydrogens is 224 g/mol. The van der Waals surface area contributed by atoms with Crippen molar-refractivity contribution in [3.05, 3.63) is 0 Å². The maximum Gasteiger partial charge on any atom is 0.317 e. The summed E-state index contributed by atoms with van der Waals surface area (Å²) in [6.45, 7) is 3.09. The topological polar surface area (TPSA) is 89.9 Å². The summed E-state index contributed by atoms with van der Waals surface area (Å²) in [6, 6.07) is -0.578. The molecule has 0 saturated carbocycles. The van der Waals surface area contributed by atoms with E-state index in [0.717, 1.165) is 12.8 Å². The highest BCUT2D eigenvalue weighted by Gasteiger charge is 2.23. The zero-order chi connectivity index (χ0) is 12.8. The Bertz CT molecular complexity index is 275. The highest BCUT2D eigenvalue weighted by atomic mass is 16.4.